The number of rotatable bonds is 3. The van der Waals surface area contributed by atoms with E-state index in [0.29, 0.717) is 43.2 Å². The molecule has 0 N–H and O–H groups in total. The number of aromatic nitrogens is 1. The number of halogens is 1. The molecule has 0 saturated carbocycles. The van der Waals surface area contributed by atoms with Gasteiger partial charge in [0.05, 0.1) is 12.0 Å². The maximum absolute atomic E-state index is 12.6. The average Bonchev–Trinajstić information content (AvgIpc) is 2.87. The number of carbonyl (C=O) groups is 2. The van der Waals surface area contributed by atoms with Crippen molar-refractivity contribution < 1.29 is 9.59 Å². The summed E-state index contributed by atoms with van der Waals surface area (Å²) in [6.07, 6.45) is 4.83. The lowest BCUT2D eigenvalue weighted by molar-refractivity contribution is -0.130. The van der Waals surface area contributed by atoms with Crippen LogP contribution in [0.25, 0.3) is 0 Å². The summed E-state index contributed by atoms with van der Waals surface area (Å²) in [5, 5.41) is 0.640. The molecule has 0 atom stereocenters. The molecule has 3 rings (SSSR count). The number of nitrogens with zero attached hydrogens (tertiary/aromatic N) is 3. The molecule has 0 radical (unpaired) electrons. The molecule has 132 valence electrons. The molecule has 0 bridgehead atoms. The predicted molar refractivity (Wildman–Crippen MR) is 97.7 cm³/mol. The van der Waals surface area contributed by atoms with Crippen LogP contribution in [0.2, 0.25) is 5.02 Å². The van der Waals surface area contributed by atoms with E-state index in [4.69, 9.17) is 11.6 Å². The van der Waals surface area contributed by atoms with Gasteiger partial charge in [-0.2, -0.15) is 0 Å². The summed E-state index contributed by atoms with van der Waals surface area (Å²) in [6, 6.07) is 9.22. The van der Waals surface area contributed by atoms with Crippen molar-refractivity contribution in [3.05, 3.63) is 58.9 Å². The van der Waals surface area contributed by atoms with E-state index >= 15 is 0 Å². The molecule has 6 heteroatoms. The first-order chi connectivity index (χ1) is 12.0. The fourth-order valence-corrected chi connectivity index (χ4v) is 3.33. The van der Waals surface area contributed by atoms with Gasteiger partial charge < -0.3 is 14.4 Å². The van der Waals surface area contributed by atoms with Crippen LogP contribution in [0, 0.1) is 0 Å². The topological polar surface area (TPSA) is 45.6 Å². The highest BCUT2D eigenvalue weighted by atomic mass is 35.5. The minimum atomic E-state index is 0.0322. The van der Waals surface area contributed by atoms with Gasteiger partial charge in [-0.15, -0.1) is 0 Å². The average molecular weight is 360 g/mol. The van der Waals surface area contributed by atoms with Crippen molar-refractivity contribution in [2.75, 3.05) is 26.2 Å². The van der Waals surface area contributed by atoms with Gasteiger partial charge in [0.25, 0.3) is 5.91 Å². The molecule has 0 aliphatic carbocycles. The Morgan fingerprint density at radius 1 is 1.08 bits per heavy atom. The quantitative estimate of drug-likeness (QED) is 0.845. The second-order valence-corrected chi connectivity index (χ2v) is 6.84. The Balaban J connectivity index is 1.59. The lowest BCUT2D eigenvalue weighted by atomic mass is 10.1. The molecule has 1 aliphatic rings. The van der Waals surface area contributed by atoms with Gasteiger partial charge in [0.15, 0.2) is 0 Å². The van der Waals surface area contributed by atoms with E-state index in [0.717, 1.165) is 12.0 Å². The Kier molecular flexibility index (Phi) is 5.43. The minimum Gasteiger partial charge on any atom is -0.356 e. The molecule has 25 heavy (non-hydrogen) atoms. The van der Waals surface area contributed by atoms with E-state index < -0.39 is 0 Å². The maximum Gasteiger partial charge on any atom is 0.255 e. The van der Waals surface area contributed by atoms with Crippen LogP contribution < -0.4 is 0 Å². The Labute approximate surface area is 152 Å². The van der Waals surface area contributed by atoms with Gasteiger partial charge in [0.1, 0.15) is 0 Å². The van der Waals surface area contributed by atoms with Crippen LogP contribution in [-0.4, -0.2) is 52.4 Å². The van der Waals surface area contributed by atoms with Crippen LogP contribution in [-0.2, 0) is 18.3 Å². The lowest BCUT2D eigenvalue weighted by Crippen LogP contribution is -2.37. The molecule has 2 aromatic rings. The van der Waals surface area contributed by atoms with Gasteiger partial charge in [-0.1, -0.05) is 23.7 Å². The third kappa shape index (κ3) is 4.42. The zero-order valence-corrected chi connectivity index (χ0v) is 15.1. The summed E-state index contributed by atoms with van der Waals surface area (Å²) < 4.78 is 1.87. The zero-order chi connectivity index (χ0) is 17.8. The Morgan fingerprint density at radius 3 is 2.56 bits per heavy atom. The second kappa shape index (κ2) is 7.74. The molecular formula is C19H22ClN3O2. The summed E-state index contributed by atoms with van der Waals surface area (Å²) in [4.78, 5) is 28.8. The van der Waals surface area contributed by atoms with Gasteiger partial charge >= 0.3 is 0 Å². The zero-order valence-electron chi connectivity index (χ0n) is 14.3. The van der Waals surface area contributed by atoms with Crippen molar-refractivity contribution in [3.8, 4) is 0 Å². The Bertz CT molecular complexity index is 772. The molecule has 1 fully saturated rings. The van der Waals surface area contributed by atoms with E-state index in [1.807, 2.05) is 58.1 Å². The highest BCUT2D eigenvalue weighted by Crippen LogP contribution is 2.14. The summed E-state index contributed by atoms with van der Waals surface area (Å²) in [5.41, 5.74) is 1.61. The van der Waals surface area contributed by atoms with Gasteiger partial charge in [-0.3, -0.25) is 9.59 Å². The molecule has 0 unspecified atom stereocenters. The standard InChI is InChI=1S/C19H22ClN3O2/c1-21-9-6-16(14-21)19(25)23-8-3-7-22(10-11-23)18(24)13-15-4-2-5-17(20)12-15/h2,4-6,9,12,14H,3,7-8,10-11,13H2,1H3. The predicted octanol–water partition coefficient (Wildman–Crippen LogP) is 2.60. The molecule has 0 spiro atoms. The van der Waals surface area contributed by atoms with E-state index in [2.05, 4.69) is 0 Å². The number of hydrogen-bond acceptors (Lipinski definition) is 2. The SMILES string of the molecule is Cn1ccc(C(=O)N2CCCN(C(=O)Cc3cccc(Cl)c3)CC2)c1. The third-order valence-corrected chi connectivity index (χ3v) is 4.69. The van der Waals surface area contributed by atoms with E-state index in [1.54, 1.807) is 6.07 Å². The van der Waals surface area contributed by atoms with Crippen molar-refractivity contribution in [2.45, 2.75) is 12.8 Å². The number of amides is 2. The van der Waals surface area contributed by atoms with Gasteiger partial charge in [-0.05, 0) is 30.2 Å². The van der Waals surface area contributed by atoms with Crippen LogP contribution in [0.5, 0.6) is 0 Å². The van der Waals surface area contributed by atoms with E-state index in [1.165, 1.54) is 0 Å². The normalized spacial score (nSPS) is 15.1. The fraction of sp³-hybridized carbons (Fsp3) is 0.368. The van der Waals surface area contributed by atoms with E-state index in [9.17, 15) is 9.59 Å². The summed E-state index contributed by atoms with van der Waals surface area (Å²) in [5.74, 6) is 0.112. The third-order valence-electron chi connectivity index (χ3n) is 4.46. The molecule has 1 aromatic heterocycles. The van der Waals surface area contributed by atoms with E-state index in [-0.39, 0.29) is 11.8 Å². The van der Waals surface area contributed by atoms with Crippen molar-refractivity contribution >= 4 is 23.4 Å². The van der Waals surface area contributed by atoms with Gasteiger partial charge in [0.2, 0.25) is 5.91 Å². The fourth-order valence-electron chi connectivity index (χ4n) is 3.12. The highest BCUT2D eigenvalue weighted by molar-refractivity contribution is 6.30. The first-order valence-electron chi connectivity index (χ1n) is 8.46. The van der Waals surface area contributed by atoms with Crippen molar-refractivity contribution in [1.82, 2.24) is 14.4 Å². The summed E-state index contributed by atoms with van der Waals surface area (Å²) in [6.45, 7) is 2.49. The molecule has 1 saturated heterocycles. The number of carbonyl (C=O) groups excluding carboxylic acids is 2. The number of benzene rings is 1. The van der Waals surface area contributed by atoms with Crippen molar-refractivity contribution in [2.24, 2.45) is 7.05 Å². The van der Waals surface area contributed by atoms with Crippen molar-refractivity contribution in [3.63, 3.8) is 0 Å². The Hall–Kier alpha value is -2.27. The van der Waals surface area contributed by atoms with Gasteiger partial charge in [-0.25, -0.2) is 0 Å². The van der Waals surface area contributed by atoms with Crippen LogP contribution in [0.1, 0.15) is 22.3 Å². The molecule has 2 amide bonds. The van der Waals surface area contributed by atoms with Crippen LogP contribution in [0.4, 0.5) is 0 Å². The van der Waals surface area contributed by atoms with Gasteiger partial charge in [0, 0.05) is 50.6 Å². The molecule has 1 aromatic carbocycles. The number of hydrogen-bond donors (Lipinski definition) is 0. The molecule has 1 aliphatic heterocycles. The highest BCUT2D eigenvalue weighted by Gasteiger charge is 2.23. The minimum absolute atomic E-state index is 0.0322. The monoisotopic (exact) mass is 359 g/mol. The van der Waals surface area contributed by atoms with Crippen LogP contribution >= 0.6 is 11.6 Å². The first-order valence-corrected chi connectivity index (χ1v) is 8.84. The maximum atomic E-state index is 12.6. The largest absolute Gasteiger partial charge is 0.356 e. The Morgan fingerprint density at radius 2 is 1.84 bits per heavy atom. The smallest absolute Gasteiger partial charge is 0.255 e. The molecule has 2 heterocycles. The summed E-state index contributed by atoms with van der Waals surface area (Å²) >= 11 is 5.98. The first kappa shape index (κ1) is 17.5. The second-order valence-electron chi connectivity index (χ2n) is 6.40. The molecular weight excluding hydrogens is 338 g/mol. The lowest BCUT2D eigenvalue weighted by Gasteiger charge is -2.22. The molecule has 5 nitrogen and oxygen atoms in total. The summed E-state index contributed by atoms with van der Waals surface area (Å²) in [7, 11) is 1.90. The van der Waals surface area contributed by atoms with Crippen LogP contribution in [0.15, 0.2) is 42.7 Å². The van der Waals surface area contributed by atoms with Crippen LogP contribution in [0.3, 0.4) is 0 Å². The number of aryl methyl sites for hydroxylation is 1. The van der Waals surface area contributed by atoms with Crippen molar-refractivity contribution in [1.29, 1.82) is 0 Å².